The molecule has 0 unspecified atom stereocenters. The van der Waals surface area contributed by atoms with Crippen LogP contribution in [-0.2, 0) is 4.79 Å². The van der Waals surface area contributed by atoms with Gasteiger partial charge >= 0.3 is 0 Å². The fraction of sp³-hybridized carbons (Fsp3) is 0.222. The van der Waals surface area contributed by atoms with E-state index >= 15 is 0 Å². The zero-order chi connectivity index (χ0) is 17.3. The molecule has 0 saturated carbocycles. The second-order valence-electron chi connectivity index (χ2n) is 5.68. The Labute approximate surface area is 139 Å². The van der Waals surface area contributed by atoms with Crippen LogP contribution < -0.4 is 15.0 Å². The number of carbonyl (C=O) groups is 2. The molecule has 0 aromatic heterocycles. The molecule has 2 aromatic rings. The molecular weight excluding hydrogens is 311 g/mol. The van der Waals surface area contributed by atoms with Crippen molar-refractivity contribution in [2.45, 2.75) is 19.9 Å². The monoisotopic (exact) mass is 328 g/mol. The molecule has 2 aromatic carbocycles. The van der Waals surface area contributed by atoms with Crippen molar-refractivity contribution in [1.29, 1.82) is 0 Å². The summed E-state index contributed by atoms with van der Waals surface area (Å²) in [7, 11) is 0. The van der Waals surface area contributed by atoms with Crippen LogP contribution in [0.15, 0.2) is 42.5 Å². The molecule has 1 N–H and O–H groups in total. The number of amides is 2. The van der Waals surface area contributed by atoms with Crippen LogP contribution >= 0.6 is 0 Å². The maximum Gasteiger partial charge on any atom is 0.258 e. The van der Waals surface area contributed by atoms with Gasteiger partial charge in [-0.25, -0.2) is 4.39 Å². The Hall–Kier alpha value is -2.89. The van der Waals surface area contributed by atoms with Gasteiger partial charge in [-0.15, -0.1) is 0 Å². The number of rotatable bonds is 2. The van der Waals surface area contributed by atoms with Crippen molar-refractivity contribution in [3.63, 3.8) is 0 Å². The highest BCUT2D eigenvalue weighted by Crippen LogP contribution is 2.34. The minimum absolute atomic E-state index is 0.0115. The zero-order valence-electron chi connectivity index (χ0n) is 13.4. The van der Waals surface area contributed by atoms with E-state index in [2.05, 4.69) is 5.32 Å². The zero-order valence-corrected chi connectivity index (χ0v) is 13.4. The van der Waals surface area contributed by atoms with E-state index in [-0.39, 0.29) is 17.6 Å². The molecule has 0 aliphatic carbocycles. The van der Waals surface area contributed by atoms with Gasteiger partial charge in [-0.05, 0) is 37.3 Å². The maximum atomic E-state index is 13.8. The quantitative estimate of drug-likeness (QED) is 0.921. The van der Waals surface area contributed by atoms with Crippen molar-refractivity contribution in [3.8, 4) is 5.75 Å². The molecule has 1 heterocycles. The second kappa shape index (κ2) is 6.31. The SMILES string of the molecule is CC(=O)Nc1cc(C(=O)N2c3ccccc3OC[C@@H]2C)ccc1F. The van der Waals surface area contributed by atoms with Crippen LogP contribution in [0.5, 0.6) is 5.75 Å². The van der Waals surface area contributed by atoms with Crippen LogP contribution in [0.3, 0.4) is 0 Å². The van der Waals surface area contributed by atoms with Gasteiger partial charge in [-0.2, -0.15) is 0 Å². The van der Waals surface area contributed by atoms with Gasteiger partial charge in [0, 0.05) is 12.5 Å². The summed E-state index contributed by atoms with van der Waals surface area (Å²) in [6.45, 7) is 3.54. The number of carbonyl (C=O) groups excluding carboxylic acids is 2. The minimum Gasteiger partial charge on any atom is -0.489 e. The van der Waals surface area contributed by atoms with Gasteiger partial charge in [-0.1, -0.05) is 12.1 Å². The van der Waals surface area contributed by atoms with Gasteiger partial charge < -0.3 is 10.1 Å². The molecule has 0 bridgehead atoms. The molecule has 2 amide bonds. The number of anilines is 2. The van der Waals surface area contributed by atoms with Gasteiger partial charge in [0.1, 0.15) is 18.2 Å². The summed E-state index contributed by atoms with van der Waals surface area (Å²) in [6.07, 6.45) is 0. The maximum absolute atomic E-state index is 13.8. The lowest BCUT2D eigenvalue weighted by Crippen LogP contribution is -2.45. The van der Waals surface area contributed by atoms with Crippen molar-refractivity contribution >= 4 is 23.2 Å². The Morgan fingerprint density at radius 3 is 2.75 bits per heavy atom. The molecule has 5 nitrogen and oxygen atoms in total. The summed E-state index contributed by atoms with van der Waals surface area (Å²) in [4.78, 5) is 25.8. The smallest absolute Gasteiger partial charge is 0.258 e. The highest BCUT2D eigenvalue weighted by molar-refractivity contribution is 6.08. The third kappa shape index (κ3) is 2.95. The second-order valence-corrected chi connectivity index (χ2v) is 5.68. The molecule has 24 heavy (non-hydrogen) atoms. The van der Waals surface area contributed by atoms with E-state index < -0.39 is 11.7 Å². The van der Waals surface area contributed by atoms with E-state index in [1.807, 2.05) is 19.1 Å². The first-order valence-corrected chi connectivity index (χ1v) is 7.60. The fourth-order valence-corrected chi connectivity index (χ4v) is 2.69. The summed E-state index contributed by atoms with van der Waals surface area (Å²) in [6, 6.07) is 11.0. The van der Waals surface area contributed by atoms with Crippen LogP contribution in [0.2, 0.25) is 0 Å². The lowest BCUT2D eigenvalue weighted by molar-refractivity contribution is -0.114. The Morgan fingerprint density at radius 1 is 1.25 bits per heavy atom. The molecule has 124 valence electrons. The molecule has 0 fully saturated rings. The summed E-state index contributed by atoms with van der Waals surface area (Å²) >= 11 is 0. The van der Waals surface area contributed by atoms with Crippen molar-refractivity contribution in [2.75, 3.05) is 16.8 Å². The number of para-hydroxylation sites is 2. The van der Waals surface area contributed by atoms with E-state index in [4.69, 9.17) is 4.74 Å². The van der Waals surface area contributed by atoms with E-state index in [1.54, 1.807) is 17.0 Å². The Morgan fingerprint density at radius 2 is 2.00 bits per heavy atom. The fourth-order valence-electron chi connectivity index (χ4n) is 2.69. The van der Waals surface area contributed by atoms with Crippen LogP contribution in [0.4, 0.5) is 15.8 Å². The number of hydrogen-bond donors (Lipinski definition) is 1. The number of hydrogen-bond acceptors (Lipinski definition) is 3. The van der Waals surface area contributed by atoms with Crippen LogP contribution in [-0.4, -0.2) is 24.5 Å². The summed E-state index contributed by atoms with van der Waals surface area (Å²) in [5.74, 6) is -0.626. The average molecular weight is 328 g/mol. The predicted octanol–water partition coefficient (Wildman–Crippen LogP) is 3.21. The molecule has 0 saturated heterocycles. The van der Waals surface area contributed by atoms with Gasteiger partial charge in [0.05, 0.1) is 17.4 Å². The normalized spacial score (nSPS) is 16.1. The lowest BCUT2D eigenvalue weighted by atomic mass is 10.1. The molecule has 0 spiro atoms. The summed E-state index contributed by atoms with van der Waals surface area (Å²) in [5.41, 5.74) is 0.956. The molecule has 1 aliphatic rings. The molecule has 1 atom stereocenters. The van der Waals surface area contributed by atoms with Crippen molar-refractivity contribution in [3.05, 3.63) is 53.8 Å². The highest BCUT2D eigenvalue weighted by Gasteiger charge is 2.30. The van der Waals surface area contributed by atoms with Crippen LogP contribution in [0.25, 0.3) is 0 Å². The van der Waals surface area contributed by atoms with Crippen LogP contribution in [0, 0.1) is 5.82 Å². The Kier molecular flexibility index (Phi) is 4.20. The largest absolute Gasteiger partial charge is 0.489 e. The average Bonchev–Trinajstić information content (AvgIpc) is 2.56. The summed E-state index contributed by atoms with van der Waals surface area (Å²) in [5, 5.41) is 2.39. The highest BCUT2D eigenvalue weighted by atomic mass is 19.1. The number of ether oxygens (including phenoxy) is 1. The summed E-state index contributed by atoms with van der Waals surface area (Å²) < 4.78 is 19.4. The van der Waals surface area contributed by atoms with Gasteiger partial charge in [0.2, 0.25) is 5.91 Å². The van der Waals surface area contributed by atoms with Gasteiger partial charge in [0.25, 0.3) is 5.91 Å². The van der Waals surface area contributed by atoms with Gasteiger partial charge in [0.15, 0.2) is 0 Å². The van der Waals surface area contributed by atoms with Crippen molar-refractivity contribution in [2.24, 2.45) is 0 Å². The third-order valence-corrected chi connectivity index (χ3v) is 3.79. The number of halogens is 1. The number of nitrogens with zero attached hydrogens (tertiary/aromatic N) is 1. The number of benzene rings is 2. The third-order valence-electron chi connectivity index (χ3n) is 3.79. The number of nitrogens with one attached hydrogen (secondary N) is 1. The Bertz CT molecular complexity index is 807. The minimum atomic E-state index is -0.586. The lowest BCUT2D eigenvalue weighted by Gasteiger charge is -2.35. The first kappa shape index (κ1) is 16.0. The Balaban J connectivity index is 1.99. The van der Waals surface area contributed by atoms with Crippen molar-refractivity contribution in [1.82, 2.24) is 0 Å². The number of fused-ring (bicyclic) bond motifs is 1. The van der Waals surface area contributed by atoms with E-state index in [0.717, 1.165) is 0 Å². The van der Waals surface area contributed by atoms with E-state index in [1.165, 1.54) is 25.1 Å². The standard InChI is InChI=1S/C18H17FN2O3/c1-11-10-24-17-6-4-3-5-16(17)21(11)18(23)13-7-8-14(19)15(9-13)20-12(2)22/h3-9,11H,10H2,1-2H3,(H,20,22)/t11-/m0/s1. The first-order chi connectivity index (χ1) is 11.5. The molecule has 6 heteroatoms. The molecule has 1 aliphatic heterocycles. The molecular formula is C18H17FN2O3. The predicted molar refractivity (Wildman–Crippen MR) is 88.9 cm³/mol. The topological polar surface area (TPSA) is 58.6 Å². The van der Waals surface area contributed by atoms with E-state index in [0.29, 0.717) is 23.6 Å². The van der Waals surface area contributed by atoms with Gasteiger partial charge in [-0.3, -0.25) is 14.5 Å². The van der Waals surface area contributed by atoms with E-state index in [9.17, 15) is 14.0 Å². The molecule has 3 rings (SSSR count). The first-order valence-electron chi connectivity index (χ1n) is 7.60. The van der Waals surface area contributed by atoms with Crippen molar-refractivity contribution < 1.29 is 18.7 Å². The van der Waals surface area contributed by atoms with Crippen LogP contribution in [0.1, 0.15) is 24.2 Å². The molecule has 0 radical (unpaired) electrons.